The number of halogens is 1. The molecule has 0 aliphatic carbocycles. The van der Waals surface area contributed by atoms with Crippen LogP contribution in [-0.2, 0) is 10.5 Å². The topological polar surface area (TPSA) is 71.6 Å². The lowest BCUT2D eigenvalue weighted by atomic mass is 10.2. The van der Waals surface area contributed by atoms with E-state index in [0.717, 1.165) is 21.5 Å². The molecular formula is C18H18BrN3O3S2. The van der Waals surface area contributed by atoms with E-state index in [0.29, 0.717) is 30.5 Å². The summed E-state index contributed by atoms with van der Waals surface area (Å²) in [7, 11) is 0. The van der Waals surface area contributed by atoms with Gasteiger partial charge in [-0.15, -0.1) is 11.8 Å². The van der Waals surface area contributed by atoms with Crippen LogP contribution >= 0.6 is 39.9 Å². The van der Waals surface area contributed by atoms with Crippen molar-refractivity contribution in [2.45, 2.75) is 5.75 Å². The molecule has 1 aliphatic heterocycles. The van der Waals surface area contributed by atoms with E-state index in [4.69, 9.17) is 21.7 Å². The van der Waals surface area contributed by atoms with Crippen molar-refractivity contribution < 1.29 is 14.3 Å². The lowest BCUT2D eigenvalue weighted by Crippen LogP contribution is -2.44. The summed E-state index contributed by atoms with van der Waals surface area (Å²) >= 11 is 10.2. The normalized spacial score (nSPS) is 12.2. The fourth-order valence-corrected chi connectivity index (χ4v) is 3.93. The highest BCUT2D eigenvalue weighted by Gasteiger charge is 2.12. The third kappa shape index (κ3) is 6.02. The molecule has 3 N–H and O–H groups in total. The summed E-state index contributed by atoms with van der Waals surface area (Å²) < 4.78 is 12.0. The summed E-state index contributed by atoms with van der Waals surface area (Å²) in [5.41, 5.74) is 7.18. The maximum Gasteiger partial charge on any atom is 0.248 e. The zero-order valence-electron chi connectivity index (χ0n) is 14.3. The van der Waals surface area contributed by atoms with Crippen LogP contribution in [0.25, 0.3) is 0 Å². The Bertz CT molecular complexity index is 835. The summed E-state index contributed by atoms with van der Waals surface area (Å²) in [6.45, 7) is 1.07. The van der Waals surface area contributed by atoms with Crippen molar-refractivity contribution in [3.63, 3.8) is 0 Å². The van der Waals surface area contributed by atoms with Gasteiger partial charge in [0.1, 0.15) is 13.2 Å². The van der Waals surface area contributed by atoms with Crippen LogP contribution in [0.15, 0.2) is 46.9 Å². The second-order valence-electron chi connectivity index (χ2n) is 5.57. The van der Waals surface area contributed by atoms with Crippen LogP contribution in [0.2, 0.25) is 0 Å². The Morgan fingerprint density at radius 2 is 1.89 bits per heavy atom. The molecule has 142 valence electrons. The summed E-state index contributed by atoms with van der Waals surface area (Å²) in [4.78, 5) is 11.9. The zero-order valence-corrected chi connectivity index (χ0v) is 17.5. The van der Waals surface area contributed by atoms with Gasteiger partial charge in [0.05, 0.1) is 5.75 Å². The molecule has 0 radical (unpaired) electrons. The molecule has 2 aromatic rings. The summed E-state index contributed by atoms with van der Waals surface area (Å²) in [5.74, 6) is 2.29. The Kier molecular flexibility index (Phi) is 7.19. The third-order valence-corrected chi connectivity index (χ3v) is 5.52. The molecule has 0 saturated carbocycles. The van der Waals surface area contributed by atoms with E-state index in [1.807, 2.05) is 36.4 Å². The molecule has 3 rings (SSSR count). The molecule has 0 atom stereocenters. The molecule has 0 saturated heterocycles. The number of anilines is 1. The largest absolute Gasteiger partial charge is 0.486 e. The van der Waals surface area contributed by atoms with E-state index >= 15 is 0 Å². The first-order valence-electron chi connectivity index (χ1n) is 8.18. The van der Waals surface area contributed by atoms with E-state index in [9.17, 15) is 4.79 Å². The monoisotopic (exact) mass is 467 g/mol. The Labute approximate surface area is 175 Å². The number of fused-ring (bicyclic) bond motifs is 1. The molecule has 9 heteroatoms. The fraction of sp³-hybridized carbons (Fsp3) is 0.222. The second-order valence-corrected chi connectivity index (χ2v) is 7.82. The number of carbonyl (C=O) groups is 1. The number of hydrazine groups is 1. The SMILES string of the molecule is O=C(CSCc1ccccc1Br)NNC(=S)Nc1ccc2c(c1)OCCO2. The van der Waals surface area contributed by atoms with Gasteiger partial charge in [-0.05, 0) is 36.0 Å². The van der Waals surface area contributed by atoms with Gasteiger partial charge >= 0.3 is 0 Å². The highest BCUT2D eigenvalue weighted by atomic mass is 79.9. The van der Waals surface area contributed by atoms with Gasteiger partial charge in [0, 0.05) is 22.0 Å². The van der Waals surface area contributed by atoms with Gasteiger partial charge in [0.25, 0.3) is 0 Å². The number of thiocarbonyl (C=S) groups is 1. The number of ether oxygens (including phenoxy) is 2. The molecule has 1 aliphatic rings. The second kappa shape index (κ2) is 9.82. The van der Waals surface area contributed by atoms with Crippen molar-refractivity contribution in [1.29, 1.82) is 0 Å². The molecule has 0 bridgehead atoms. The van der Waals surface area contributed by atoms with Crippen molar-refractivity contribution in [3.05, 3.63) is 52.5 Å². The standard InChI is InChI=1S/C18H18BrN3O3S2/c19-14-4-2-1-3-12(14)10-27-11-17(23)21-22-18(26)20-13-5-6-15-16(9-13)25-8-7-24-15/h1-6,9H,7-8,10-11H2,(H,21,23)(H2,20,22,26). The third-order valence-electron chi connectivity index (χ3n) is 3.56. The Balaban J connectivity index is 1.38. The molecule has 0 aromatic heterocycles. The van der Waals surface area contributed by atoms with Gasteiger partial charge < -0.3 is 14.8 Å². The minimum Gasteiger partial charge on any atom is -0.486 e. The predicted octanol–water partition coefficient (Wildman–Crippen LogP) is 3.47. The number of carbonyl (C=O) groups excluding carboxylic acids is 1. The van der Waals surface area contributed by atoms with Gasteiger partial charge in [-0.25, -0.2) is 0 Å². The van der Waals surface area contributed by atoms with Gasteiger partial charge in [-0.1, -0.05) is 34.1 Å². The lowest BCUT2D eigenvalue weighted by Gasteiger charge is -2.19. The Morgan fingerprint density at radius 1 is 1.11 bits per heavy atom. The van der Waals surface area contributed by atoms with Crippen molar-refractivity contribution in [3.8, 4) is 11.5 Å². The highest BCUT2D eigenvalue weighted by molar-refractivity contribution is 9.10. The Morgan fingerprint density at radius 3 is 2.70 bits per heavy atom. The first-order valence-corrected chi connectivity index (χ1v) is 10.5. The highest BCUT2D eigenvalue weighted by Crippen LogP contribution is 2.32. The number of hydrogen-bond acceptors (Lipinski definition) is 5. The zero-order chi connectivity index (χ0) is 19.1. The molecule has 6 nitrogen and oxygen atoms in total. The maximum atomic E-state index is 11.9. The first kappa shape index (κ1) is 19.8. The summed E-state index contributed by atoms with van der Waals surface area (Å²) in [5, 5.41) is 3.28. The smallest absolute Gasteiger partial charge is 0.248 e. The van der Waals surface area contributed by atoms with Crippen molar-refractivity contribution in [1.82, 2.24) is 10.9 Å². The van der Waals surface area contributed by atoms with Gasteiger partial charge in [0.15, 0.2) is 16.6 Å². The summed E-state index contributed by atoms with van der Waals surface area (Å²) in [6.07, 6.45) is 0. The molecular weight excluding hydrogens is 450 g/mol. The Hall–Kier alpha value is -1.97. The molecule has 0 fully saturated rings. The van der Waals surface area contributed by atoms with Gasteiger partial charge in [0.2, 0.25) is 5.91 Å². The van der Waals surface area contributed by atoms with Crippen LogP contribution in [-0.4, -0.2) is 30.0 Å². The quantitative estimate of drug-likeness (QED) is 0.459. The number of hydrogen-bond donors (Lipinski definition) is 3. The van der Waals surface area contributed by atoms with E-state index in [2.05, 4.69) is 32.1 Å². The molecule has 2 aromatic carbocycles. The van der Waals surface area contributed by atoms with E-state index < -0.39 is 0 Å². The van der Waals surface area contributed by atoms with Crippen LogP contribution in [0.4, 0.5) is 5.69 Å². The number of amides is 1. The molecule has 1 amide bonds. The molecule has 0 spiro atoms. The van der Waals surface area contributed by atoms with Crippen LogP contribution in [0.1, 0.15) is 5.56 Å². The van der Waals surface area contributed by atoms with Gasteiger partial charge in [-0.3, -0.25) is 15.6 Å². The minimum absolute atomic E-state index is 0.154. The van der Waals surface area contributed by atoms with Crippen LogP contribution < -0.4 is 25.6 Å². The van der Waals surface area contributed by atoms with Gasteiger partial charge in [-0.2, -0.15) is 0 Å². The van der Waals surface area contributed by atoms with E-state index in [-0.39, 0.29) is 11.0 Å². The average molecular weight is 468 g/mol. The van der Waals surface area contributed by atoms with E-state index in [1.54, 1.807) is 6.07 Å². The van der Waals surface area contributed by atoms with Crippen LogP contribution in [0.5, 0.6) is 11.5 Å². The van der Waals surface area contributed by atoms with Crippen LogP contribution in [0, 0.1) is 0 Å². The molecule has 0 unspecified atom stereocenters. The average Bonchev–Trinajstić information content (AvgIpc) is 2.68. The fourth-order valence-electron chi connectivity index (χ4n) is 2.32. The first-order chi connectivity index (χ1) is 13.1. The number of benzene rings is 2. The maximum absolute atomic E-state index is 11.9. The predicted molar refractivity (Wildman–Crippen MR) is 115 cm³/mol. The number of thioether (sulfide) groups is 1. The summed E-state index contributed by atoms with van der Waals surface area (Å²) in [6, 6.07) is 13.4. The molecule has 27 heavy (non-hydrogen) atoms. The van der Waals surface area contributed by atoms with Crippen molar-refractivity contribution >= 4 is 56.6 Å². The van der Waals surface area contributed by atoms with Crippen molar-refractivity contribution in [2.24, 2.45) is 0 Å². The molecule has 1 heterocycles. The van der Waals surface area contributed by atoms with E-state index in [1.165, 1.54) is 11.8 Å². The number of rotatable bonds is 5. The number of nitrogens with one attached hydrogen (secondary N) is 3. The van der Waals surface area contributed by atoms with Crippen molar-refractivity contribution in [2.75, 3.05) is 24.3 Å². The minimum atomic E-state index is -0.154. The lowest BCUT2D eigenvalue weighted by molar-refractivity contribution is -0.119. The van der Waals surface area contributed by atoms with Crippen LogP contribution in [0.3, 0.4) is 0 Å².